The Morgan fingerprint density at radius 2 is 2.50 bits per heavy atom. The third-order valence-corrected chi connectivity index (χ3v) is 1.16. The zero-order valence-electron chi connectivity index (χ0n) is 4.43. The van der Waals surface area contributed by atoms with E-state index in [0.29, 0.717) is 6.42 Å². The number of nitro groups is 1. The predicted molar refractivity (Wildman–Crippen MR) is 34.3 cm³/mol. The first-order valence-electron chi connectivity index (χ1n) is 2.18. The van der Waals surface area contributed by atoms with E-state index in [2.05, 4.69) is 15.9 Å². The molecule has 0 aromatic rings. The summed E-state index contributed by atoms with van der Waals surface area (Å²) in [5, 5.41) is 9.78. The van der Waals surface area contributed by atoms with E-state index in [1.165, 1.54) is 6.08 Å². The molecule has 0 heterocycles. The molecular weight excluding hydrogens is 174 g/mol. The summed E-state index contributed by atoms with van der Waals surface area (Å²) in [5.74, 6) is 0. The number of rotatable bonds is 2. The van der Waals surface area contributed by atoms with Crippen molar-refractivity contribution in [3.05, 3.63) is 20.8 Å². The normalized spacial score (nSPS) is 11.5. The summed E-state index contributed by atoms with van der Waals surface area (Å²) in [5.41, 5.74) is 0. The highest BCUT2D eigenvalue weighted by molar-refractivity contribution is 9.11. The SMILES string of the molecule is CCC=C(Br)[N+](=O)[O-]. The first kappa shape index (κ1) is 7.62. The minimum atomic E-state index is -0.469. The fourth-order valence-electron chi connectivity index (χ4n) is 0.243. The van der Waals surface area contributed by atoms with Crippen LogP contribution in [0.2, 0.25) is 0 Å². The molecule has 0 saturated heterocycles. The summed E-state index contributed by atoms with van der Waals surface area (Å²) in [7, 11) is 0. The molecule has 0 aromatic carbocycles. The quantitative estimate of drug-likeness (QED) is 0.370. The lowest BCUT2D eigenvalue weighted by molar-refractivity contribution is -0.409. The molecule has 0 rings (SSSR count). The van der Waals surface area contributed by atoms with Crippen LogP contribution in [0, 0.1) is 10.1 Å². The molecule has 0 aliphatic rings. The Kier molecular flexibility index (Phi) is 3.43. The molecule has 0 spiro atoms. The lowest BCUT2D eigenvalue weighted by atomic mass is 10.5. The summed E-state index contributed by atoms with van der Waals surface area (Å²) < 4.78 is 0.0417. The van der Waals surface area contributed by atoms with Crippen LogP contribution in [-0.4, -0.2) is 4.92 Å². The highest BCUT2D eigenvalue weighted by Gasteiger charge is 1.99. The molecule has 0 radical (unpaired) electrons. The largest absolute Gasteiger partial charge is 0.306 e. The minimum absolute atomic E-state index is 0.0417. The molecule has 0 bridgehead atoms. The molecule has 8 heavy (non-hydrogen) atoms. The topological polar surface area (TPSA) is 43.1 Å². The molecule has 0 saturated carbocycles. The molecule has 0 aromatic heterocycles. The second-order valence-corrected chi connectivity index (χ2v) is 2.00. The molecule has 0 N–H and O–H groups in total. The summed E-state index contributed by atoms with van der Waals surface area (Å²) in [6.45, 7) is 1.84. The number of nitrogens with zero attached hydrogens (tertiary/aromatic N) is 1. The molecule has 0 aliphatic heterocycles. The van der Waals surface area contributed by atoms with Gasteiger partial charge in [-0.3, -0.25) is 10.1 Å². The smallest absolute Gasteiger partial charge is 0.258 e. The summed E-state index contributed by atoms with van der Waals surface area (Å²) in [6.07, 6.45) is 2.18. The fraction of sp³-hybridized carbons (Fsp3) is 0.500. The lowest BCUT2D eigenvalue weighted by Gasteiger charge is -1.82. The molecule has 0 unspecified atom stereocenters. The van der Waals surface area contributed by atoms with Gasteiger partial charge in [0.2, 0.25) is 0 Å². The van der Waals surface area contributed by atoms with E-state index in [1.807, 2.05) is 6.92 Å². The van der Waals surface area contributed by atoms with Gasteiger partial charge in [-0.1, -0.05) is 6.92 Å². The maximum Gasteiger partial charge on any atom is 0.306 e. The van der Waals surface area contributed by atoms with Gasteiger partial charge in [0.05, 0.1) is 4.92 Å². The van der Waals surface area contributed by atoms with E-state index < -0.39 is 4.92 Å². The number of hydrogen-bond donors (Lipinski definition) is 0. The van der Waals surface area contributed by atoms with Crippen molar-refractivity contribution in [1.29, 1.82) is 0 Å². The first-order chi connectivity index (χ1) is 3.68. The third-order valence-electron chi connectivity index (χ3n) is 0.547. The van der Waals surface area contributed by atoms with E-state index in [9.17, 15) is 10.1 Å². The van der Waals surface area contributed by atoms with Crippen LogP contribution in [0.3, 0.4) is 0 Å². The van der Waals surface area contributed by atoms with Crippen molar-refractivity contribution in [2.24, 2.45) is 0 Å². The number of hydrogen-bond acceptors (Lipinski definition) is 2. The second kappa shape index (κ2) is 3.60. The van der Waals surface area contributed by atoms with Crippen LogP contribution in [-0.2, 0) is 0 Å². The minimum Gasteiger partial charge on any atom is -0.258 e. The van der Waals surface area contributed by atoms with Gasteiger partial charge in [0.15, 0.2) is 0 Å². The number of halogens is 1. The van der Waals surface area contributed by atoms with Crippen molar-refractivity contribution in [3.63, 3.8) is 0 Å². The maximum atomic E-state index is 9.78. The van der Waals surface area contributed by atoms with E-state index in [0.717, 1.165) is 0 Å². The van der Waals surface area contributed by atoms with Crippen molar-refractivity contribution in [2.75, 3.05) is 0 Å². The second-order valence-electron chi connectivity index (χ2n) is 1.19. The van der Waals surface area contributed by atoms with Gasteiger partial charge in [0, 0.05) is 22.0 Å². The van der Waals surface area contributed by atoms with Crippen LogP contribution >= 0.6 is 15.9 Å². The lowest BCUT2D eigenvalue weighted by Crippen LogP contribution is -1.88. The average molecular weight is 180 g/mol. The Morgan fingerprint density at radius 1 is 2.00 bits per heavy atom. The van der Waals surface area contributed by atoms with Crippen molar-refractivity contribution < 1.29 is 4.92 Å². The van der Waals surface area contributed by atoms with Gasteiger partial charge in [-0.25, -0.2) is 0 Å². The highest BCUT2D eigenvalue weighted by atomic mass is 79.9. The molecule has 46 valence electrons. The van der Waals surface area contributed by atoms with Gasteiger partial charge in [0.1, 0.15) is 0 Å². The third kappa shape index (κ3) is 2.74. The Morgan fingerprint density at radius 3 is 2.62 bits per heavy atom. The molecule has 0 atom stereocenters. The van der Waals surface area contributed by atoms with Gasteiger partial charge in [-0.2, -0.15) is 0 Å². The van der Waals surface area contributed by atoms with Gasteiger partial charge in [0.25, 0.3) is 0 Å². The Balaban J connectivity index is 3.80. The molecule has 3 nitrogen and oxygen atoms in total. The van der Waals surface area contributed by atoms with Crippen LogP contribution in [0.15, 0.2) is 10.7 Å². The van der Waals surface area contributed by atoms with E-state index >= 15 is 0 Å². The van der Waals surface area contributed by atoms with Crippen LogP contribution in [0.5, 0.6) is 0 Å². The van der Waals surface area contributed by atoms with Crippen LogP contribution in [0.25, 0.3) is 0 Å². The Hall–Kier alpha value is -0.380. The van der Waals surface area contributed by atoms with Crippen molar-refractivity contribution in [1.82, 2.24) is 0 Å². The van der Waals surface area contributed by atoms with Crippen LogP contribution in [0.1, 0.15) is 13.3 Å². The molecular formula is C4H6BrNO2. The Bertz CT molecular complexity index is 121. The van der Waals surface area contributed by atoms with Crippen LogP contribution in [0.4, 0.5) is 0 Å². The standard InChI is InChI=1S/C4H6BrNO2/c1-2-3-4(5)6(7)8/h3H,2H2,1H3. The van der Waals surface area contributed by atoms with Crippen molar-refractivity contribution >= 4 is 15.9 Å². The summed E-state index contributed by atoms with van der Waals surface area (Å²) in [6, 6.07) is 0. The van der Waals surface area contributed by atoms with Crippen LogP contribution < -0.4 is 0 Å². The van der Waals surface area contributed by atoms with Gasteiger partial charge in [-0.05, 0) is 6.42 Å². The Labute approximate surface area is 55.7 Å². The zero-order valence-corrected chi connectivity index (χ0v) is 6.01. The fourth-order valence-corrected chi connectivity index (χ4v) is 0.567. The maximum absolute atomic E-state index is 9.78. The van der Waals surface area contributed by atoms with E-state index in [4.69, 9.17) is 0 Å². The van der Waals surface area contributed by atoms with Crippen molar-refractivity contribution in [3.8, 4) is 0 Å². The van der Waals surface area contributed by atoms with Gasteiger partial charge >= 0.3 is 4.61 Å². The number of allylic oxidation sites excluding steroid dienone is 1. The van der Waals surface area contributed by atoms with Gasteiger partial charge < -0.3 is 0 Å². The monoisotopic (exact) mass is 179 g/mol. The molecule has 4 heteroatoms. The zero-order chi connectivity index (χ0) is 6.57. The molecule has 0 fully saturated rings. The molecule has 0 amide bonds. The van der Waals surface area contributed by atoms with E-state index in [1.54, 1.807) is 0 Å². The van der Waals surface area contributed by atoms with E-state index in [-0.39, 0.29) is 4.61 Å². The molecule has 0 aliphatic carbocycles. The predicted octanol–water partition coefficient (Wildman–Crippen LogP) is 1.91. The summed E-state index contributed by atoms with van der Waals surface area (Å²) in [4.78, 5) is 9.31. The highest BCUT2D eigenvalue weighted by Crippen LogP contribution is 2.04. The average Bonchev–Trinajstić information content (AvgIpc) is 1.67. The van der Waals surface area contributed by atoms with Gasteiger partial charge in [-0.15, -0.1) is 0 Å². The first-order valence-corrected chi connectivity index (χ1v) is 2.97. The van der Waals surface area contributed by atoms with Crippen molar-refractivity contribution in [2.45, 2.75) is 13.3 Å². The summed E-state index contributed by atoms with van der Waals surface area (Å²) >= 11 is 2.76.